The summed E-state index contributed by atoms with van der Waals surface area (Å²) >= 11 is 13.3. The molecule has 0 saturated carbocycles. The summed E-state index contributed by atoms with van der Waals surface area (Å²) in [4.78, 5) is 14.3. The molecule has 7 nitrogen and oxygen atoms in total. The smallest absolute Gasteiger partial charge is 0.307 e. The van der Waals surface area contributed by atoms with Gasteiger partial charge in [0.15, 0.2) is 0 Å². The second-order valence-corrected chi connectivity index (χ2v) is 7.98. The van der Waals surface area contributed by atoms with Crippen LogP contribution in [-0.4, -0.2) is 31.1 Å². The van der Waals surface area contributed by atoms with Gasteiger partial charge in [0.1, 0.15) is 4.34 Å². The number of halogens is 2. The minimum atomic E-state index is -4.72. The van der Waals surface area contributed by atoms with Crippen molar-refractivity contribution in [2.75, 3.05) is 11.4 Å². The van der Waals surface area contributed by atoms with Gasteiger partial charge in [-0.05, 0) is 29.6 Å². The van der Waals surface area contributed by atoms with Gasteiger partial charge >= 0.3 is 10.4 Å². The third-order valence-electron chi connectivity index (χ3n) is 3.47. The van der Waals surface area contributed by atoms with Crippen LogP contribution in [0.1, 0.15) is 22.3 Å². The van der Waals surface area contributed by atoms with Crippen molar-refractivity contribution in [3.63, 3.8) is 0 Å². The van der Waals surface area contributed by atoms with Gasteiger partial charge in [0.05, 0.1) is 17.0 Å². The fraction of sp³-hybridized carbons (Fsp3) is 0.143. The SMILES string of the molecule is O=C(c1ccsc1Cl)N1CC/C(=N/OS(=O)(=O)O)c2ccc(Cl)cc21. The summed E-state index contributed by atoms with van der Waals surface area (Å²) in [6.07, 6.45) is 0.220. The van der Waals surface area contributed by atoms with Crippen molar-refractivity contribution in [3.05, 3.63) is 50.1 Å². The fourth-order valence-corrected chi connectivity index (χ4v) is 3.69. The third kappa shape index (κ3) is 3.96. The van der Waals surface area contributed by atoms with Gasteiger partial charge in [-0.2, -0.15) is 8.42 Å². The lowest BCUT2D eigenvalue weighted by Gasteiger charge is -2.30. The highest BCUT2D eigenvalue weighted by molar-refractivity contribution is 7.80. The van der Waals surface area contributed by atoms with Gasteiger partial charge in [0.25, 0.3) is 5.91 Å². The molecular weight excluding hydrogens is 411 g/mol. The lowest BCUT2D eigenvalue weighted by molar-refractivity contribution is 0.0987. The molecule has 3 rings (SSSR count). The topological polar surface area (TPSA) is 96.3 Å². The van der Waals surface area contributed by atoms with Gasteiger partial charge in [-0.25, -0.2) is 4.28 Å². The zero-order valence-corrected chi connectivity index (χ0v) is 15.5. The summed E-state index contributed by atoms with van der Waals surface area (Å²) in [5, 5.41) is 5.58. The van der Waals surface area contributed by atoms with Crippen molar-refractivity contribution in [2.45, 2.75) is 6.42 Å². The predicted molar refractivity (Wildman–Crippen MR) is 96.2 cm³/mol. The van der Waals surface area contributed by atoms with E-state index in [1.54, 1.807) is 29.6 Å². The molecule has 0 fully saturated rings. The fourth-order valence-electron chi connectivity index (χ4n) is 2.43. The van der Waals surface area contributed by atoms with E-state index < -0.39 is 10.4 Å². The maximum Gasteiger partial charge on any atom is 0.466 e. The molecule has 2 aromatic rings. The van der Waals surface area contributed by atoms with Crippen molar-refractivity contribution < 1.29 is 22.0 Å². The van der Waals surface area contributed by atoms with Crippen LogP contribution in [0.25, 0.3) is 0 Å². The van der Waals surface area contributed by atoms with Gasteiger partial charge in [0.2, 0.25) is 0 Å². The van der Waals surface area contributed by atoms with E-state index in [1.807, 2.05) is 0 Å². The highest BCUT2D eigenvalue weighted by atomic mass is 35.5. The average molecular weight is 421 g/mol. The Bertz CT molecular complexity index is 971. The number of oxime groups is 1. The highest BCUT2D eigenvalue weighted by Gasteiger charge is 2.29. The first-order valence-electron chi connectivity index (χ1n) is 6.84. The van der Waals surface area contributed by atoms with Crippen LogP contribution >= 0.6 is 34.5 Å². The summed E-state index contributed by atoms with van der Waals surface area (Å²) in [5.74, 6) is -0.301. The molecule has 25 heavy (non-hydrogen) atoms. The molecule has 0 unspecified atom stereocenters. The number of fused-ring (bicyclic) bond motifs is 1. The number of carbonyl (C=O) groups excluding carboxylic acids is 1. The first-order valence-corrected chi connectivity index (χ1v) is 9.84. The normalized spacial score (nSPS) is 16.0. The minimum Gasteiger partial charge on any atom is -0.307 e. The van der Waals surface area contributed by atoms with Crippen LogP contribution in [0.5, 0.6) is 0 Å². The summed E-state index contributed by atoms with van der Waals surface area (Å²) in [6.45, 7) is 0.214. The Labute approximate surface area is 157 Å². The largest absolute Gasteiger partial charge is 0.466 e. The van der Waals surface area contributed by atoms with Crippen LogP contribution in [0.4, 0.5) is 5.69 Å². The van der Waals surface area contributed by atoms with Gasteiger partial charge in [-0.3, -0.25) is 9.35 Å². The summed E-state index contributed by atoms with van der Waals surface area (Å²) in [5.41, 5.74) is 1.56. The molecule has 1 aliphatic heterocycles. The van der Waals surface area contributed by atoms with Crippen molar-refractivity contribution in [1.29, 1.82) is 0 Å². The first-order chi connectivity index (χ1) is 11.8. The number of carbonyl (C=O) groups is 1. The number of thiophene rings is 1. The third-order valence-corrected chi connectivity index (χ3v) is 5.14. The Balaban J connectivity index is 2.03. The Hall–Kier alpha value is -1.65. The molecule has 1 aromatic carbocycles. The number of anilines is 1. The molecule has 1 aliphatic rings. The summed E-state index contributed by atoms with van der Waals surface area (Å²) < 4.78 is 34.6. The Morgan fingerprint density at radius 2 is 2.08 bits per heavy atom. The predicted octanol–water partition coefficient (Wildman–Crippen LogP) is 3.63. The van der Waals surface area contributed by atoms with Crippen LogP contribution in [0.15, 0.2) is 34.8 Å². The second kappa shape index (κ2) is 6.93. The molecule has 0 atom stereocenters. The monoisotopic (exact) mass is 420 g/mol. The van der Waals surface area contributed by atoms with E-state index in [1.165, 1.54) is 16.2 Å². The van der Waals surface area contributed by atoms with Crippen LogP contribution in [0.2, 0.25) is 9.36 Å². The van der Waals surface area contributed by atoms with E-state index in [4.69, 9.17) is 27.8 Å². The van der Waals surface area contributed by atoms with E-state index in [0.717, 1.165) is 0 Å². The molecule has 11 heteroatoms. The average Bonchev–Trinajstić information content (AvgIpc) is 2.97. The number of nitrogens with zero attached hydrogens (tertiary/aromatic N) is 2. The molecular formula is C14H10Cl2N2O5S2. The van der Waals surface area contributed by atoms with E-state index in [0.29, 0.717) is 26.2 Å². The molecule has 1 amide bonds. The summed E-state index contributed by atoms with van der Waals surface area (Å²) in [6, 6.07) is 6.37. The zero-order valence-electron chi connectivity index (χ0n) is 12.3. The Morgan fingerprint density at radius 3 is 2.72 bits per heavy atom. The highest BCUT2D eigenvalue weighted by Crippen LogP contribution is 2.33. The van der Waals surface area contributed by atoms with Gasteiger partial charge in [-0.15, -0.1) is 11.3 Å². The van der Waals surface area contributed by atoms with Crippen LogP contribution in [0.3, 0.4) is 0 Å². The molecule has 1 aromatic heterocycles. The van der Waals surface area contributed by atoms with E-state index in [-0.39, 0.29) is 24.6 Å². The Kier molecular flexibility index (Phi) is 5.03. The second-order valence-electron chi connectivity index (χ2n) is 5.02. The number of benzene rings is 1. The van der Waals surface area contributed by atoms with Gasteiger partial charge in [0, 0.05) is 23.6 Å². The number of rotatable bonds is 3. The van der Waals surface area contributed by atoms with Crippen LogP contribution in [0, 0.1) is 0 Å². The summed E-state index contributed by atoms with van der Waals surface area (Å²) in [7, 11) is -4.72. The molecule has 0 aliphatic carbocycles. The van der Waals surface area contributed by atoms with Gasteiger partial charge in [-0.1, -0.05) is 28.4 Å². The van der Waals surface area contributed by atoms with Crippen molar-refractivity contribution in [2.24, 2.45) is 5.16 Å². The molecule has 1 N–H and O–H groups in total. The maximum absolute atomic E-state index is 12.8. The molecule has 2 heterocycles. The number of hydrogen-bond acceptors (Lipinski definition) is 6. The molecule has 0 bridgehead atoms. The lowest BCUT2D eigenvalue weighted by Crippen LogP contribution is -2.37. The molecule has 132 valence electrons. The van der Waals surface area contributed by atoms with Gasteiger partial charge < -0.3 is 4.90 Å². The minimum absolute atomic E-state index is 0.214. The zero-order chi connectivity index (χ0) is 18.2. The quantitative estimate of drug-likeness (QED) is 0.603. The van der Waals surface area contributed by atoms with Crippen molar-refractivity contribution in [1.82, 2.24) is 0 Å². The number of amides is 1. The van der Waals surface area contributed by atoms with Crippen LogP contribution in [-0.2, 0) is 14.7 Å². The van der Waals surface area contributed by atoms with Crippen molar-refractivity contribution in [3.8, 4) is 0 Å². The van der Waals surface area contributed by atoms with Crippen molar-refractivity contribution >= 4 is 62.2 Å². The Morgan fingerprint density at radius 1 is 1.32 bits per heavy atom. The molecule has 0 saturated heterocycles. The number of hydrogen-bond donors (Lipinski definition) is 1. The molecule has 0 radical (unpaired) electrons. The standard InChI is InChI=1S/C14H10Cl2N2O5S2/c15-8-1-2-9-11(17-23-25(20,21)22)3-5-18(12(9)7-8)14(19)10-4-6-24-13(10)16/h1-2,4,6-7H,3,5H2,(H,20,21,22)/b17-11-. The van der Waals surface area contributed by atoms with E-state index in [9.17, 15) is 13.2 Å². The maximum atomic E-state index is 12.8. The molecule has 0 spiro atoms. The lowest BCUT2D eigenvalue weighted by atomic mass is 9.99. The first kappa shape index (κ1) is 18.2. The van der Waals surface area contributed by atoms with E-state index >= 15 is 0 Å². The van der Waals surface area contributed by atoms with E-state index in [2.05, 4.69) is 9.44 Å². The van der Waals surface area contributed by atoms with Crippen LogP contribution < -0.4 is 4.90 Å².